The lowest BCUT2D eigenvalue weighted by Crippen LogP contribution is -2.47. The Kier molecular flexibility index (Phi) is 4.03. The molecule has 1 fully saturated rings. The Morgan fingerprint density at radius 3 is 3.11 bits per heavy atom. The summed E-state index contributed by atoms with van der Waals surface area (Å²) in [5, 5.41) is 18.2. The van der Waals surface area contributed by atoms with Gasteiger partial charge in [-0.2, -0.15) is 5.26 Å². The maximum atomic E-state index is 10.9. The number of benzene rings is 1. The third-order valence-corrected chi connectivity index (χ3v) is 3.28. The first-order valence-electron chi connectivity index (χ1n) is 6.19. The lowest BCUT2D eigenvalue weighted by molar-refractivity contribution is -0.138. The second-order valence-electron chi connectivity index (χ2n) is 4.60. The minimum absolute atomic E-state index is 0.0131. The lowest BCUT2D eigenvalue weighted by Gasteiger charge is -2.38. The van der Waals surface area contributed by atoms with Crippen LogP contribution in [0.3, 0.4) is 0 Å². The summed E-state index contributed by atoms with van der Waals surface area (Å²) in [4.78, 5) is 12.9. The minimum Gasteiger partial charge on any atom is -0.481 e. The SMILES string of the molecule is Cc1cccc(C#N)c1N1CCOCC1CC(=O)O. The molecule has 1 aromatic carbocycles. The van der Waals surface area contributed by atoms with Crippen molar-refractivity contribution in [3.8, 4) is 6.07 Å². The van der Waals surface area contributed by atoms with E-state index in [1.807, 2.05) is 24.0 Å². The Labute approximate surface area is 112 Å². The Balaban J connectivity index is 2.37. The van der Waals surface area contributed by atoms with E-state index in [1.54, 1.807) is 6.07 Å². The number of anilines is 1. The molecule has 0 aromatic heterocycles. The molecule has 1 aliphatic heterocycles. The van der Waals surface area contributed by atoms with Crippen LogP contribution in [-0.2, 0) is 9.53 Å². The van der Waals surface area contributed by atoms with Gasteiger partial charge in [0.1, 0.15) is 6.07 Å². The molecular weight excluding hydrogens is 244 g/mol. The zero-order valence-electron chi connectivity index (χ0n) is 10.8. The maximum Gasteiger partial charge on any atom is 0.305 e. The molecule has 0 radical (unpaired) electrons. The van der Waals surface area contributed by atoms with Crippen LogP contribution in [0.1, 0.15) is 17.5 Å². The third-order valence-electron chi connectivity index (χ3n) is 3.28. The molecule has 0 aliphatic carbocycles. The summed E-state index contributed by atoms with van der Waals surface area (Å²) in [7, 11) is 0. The Hall–Kier alpha value is -2.06. The first-order chi connectivity index (χ1) is 9.13. The summed E-state index contributed by atoms with van der Waals surface area (Å²) in [6.07, 6.45) is 0.0131. The molecule has 1 heterocycles. The fourth-order valence-electron chi connectivity index (χ4n) is 2.45. The quantitative estimate of drug-likeness (QED) is 0.892. The molecular formula is C14H16N2O3. The van der Waals surface area contributed by atoms with Gasteiger partial charge in [0, 0.05) is 6.54 Å². The summed E-state index contributed by atoms with van der Waals surface area (Å²) in [6.45, 7) is 3.47. The molecule has 0 bridgehead atoms. The largest absolute Gasteiger partial charge is 0.481 e. The van der Waals surface area contributed by atoms with Crippen molar-refractivity contribution < 1.29 is 14.6 Å². The average molecular weight is 260 g/mol. The molecule has 0 saturated carbocycles. The standard InChI is InChI=1S/C14H16N2O3/c1-10-3-2-4-11(8-15)14(10)16-5-6-19-9-12(16)7-13(17)18/h2-4,12H,5-7,9H2,1H3,(H,17,18). The van der Waals surface area contributed by atoms with Gasteiger partial charge in [0.05, 0.1) is 36.9 Å². The number of hydrogen-bond donors (Lipinski definition) is 1. The van der Waals surface area contributed by atoms with Gasteiger partial charge >= 0.3 is 5.97 Å². The van der Waals surface area contributed by atoms with E-state index in [4.69, 9.17) is 9.84 Å². The van der Waals surface area contributed by atoms with Crippen LogP contribution in [0, 0.1) is 18.3 Å². The molecule has 1 atom stereocenters. The smallest absolute Gasteiger partial charge is 0.305 e. The molecule has 1 aromatic rings. The van der Waals surface area contributed by atoms with E-state index in [-0.39, 0.29) is 12.5 Å². The average Bonchev–Trinajstić information content (AvgIpc) is 2.39. The van der Waals surface area contributed by atoms with Crippen molar-refractivity contribution >= 4 is 11.7 Å². The number of carboxylic acid groups (broad SMARTS) is 1. The molecule has 19 heavy (non-hydrogen) atoms. The van der Waals surface area contributed by atoms with Crippen molar-refractivity contribution in [2.45, 2.75) is 19.4 Å². The number of nitriles is 1. The van der Waals surface area contributed by atoms with Gasteiger partial charge in [-0.3, -0.25) is 4.79 Å². The summed E-state index contributed by atoms with van der Waals surface area (Å²) >= 11 is 0. The van der Waals surface area contributed by atoms with Gasteiger partial charge in [-0.15, -0.1) is 0 Å². The molecule has 5 nitrogen and oxygen atoms in total. The van der Waals surface area contributed by atoms with E-state index in [0.29, 0.717) is 25.3 Å². The van der Waals surface area contributed by atoms with Crippen LogP contribution in [0.25, 0.3) is 0 Å². The Morgan fingerprint density at radius 1 is 1.63 bits per heavy atom. The zero-order valence-corrected chi connectivity index (χ0v) is 10.8. The van der Waals surface area contributed by atoms with Gasteiger partial charge in [-0.25, -0.2) is 0 Å². The van der Waals surface area contributed by atoms with E-state index >= 15 is 0 Å². The molecule has 0 spiro atoms. The van der Waals surface area contributed by atoms with E-state index in [1.165, 1.54) is 0 Å². The molecule has 2 rings (SSSR count). The number of aliphatic carboxylic acids is 1. The van der Waals surface area contributed by atoms with Gasteiger partial charge in [-0.05, 0) is 18.6 Å². The second kappa shape index (κ2) is 5.72. The van der Waals surface area contributed by atoms with Gasteiger partial charge < -0.3 is 14.7 Å². The fourth-order valence-corrected chi connectivity index (χ4v) is 2.45. The number of morpholine rings is 1. The number of rotatable bonds is 3. The van der Waals surface area contributed by atoms with Crippen LogP contribution in [0.4, 0.5) is 5.69 Å². The summed E-state index contributed by atoms with van der Waals surface area (Å²) in [5.41, 5.74) is 2.40. The second-order valence-corrected chi connectivity index (χ2v) is 4.60. The first-order valence-corrected chi connectivity index (χ1v) is 6.19. The van der Waals surface area contributed by atoms with Crippen LogP contribution in [0.15, 0.2) is 18.2 Å². The topological polar surface area (TPSA) is 73.6 Å². The van der Waals surface area contributed by atoms with Crippen LogP contribution >= 0.6 is 0 Å². The number of aryl methyl sites for hydroxylation is 1. The van der Waals surface area contributed by atoms with Crippen molar-refractivity contribution in [1.29, 1.82) is 5.26 Å². The van der Waals surface area contributed by atoms with E-state index in [2.05, 4.69) is 6.07 Å². The molecule has 1 aliphatic rings. The number of hydrogen-bond acceptors (Lipinski definition) is 4. The minimum atomic E-state index is -0.854. The third kappa shape index (κ3) is 2.85. The maximum absolute atomic E-state index is 10.9. The molecule has 1 unspecified atom stereocenters. The molecule has 5 heteroatoms. The number of nitrogens with zero attached hydrogens (tertiary/aromatic N) is 2. The van der Waals surface area contributed by atoms with E-state index in [9.17, 15) is 10.1 Å². The van der Waals surface area contributed by atoms with Crippen molar-refractivity contribution in [3.63, 3.8) is 0 Å². The van der Waals surface area contributed by atoms with Gasteiger partial charge in [0.15, 0.2) is 0 Å². The van der Waals surface area contributed by atoms with Gasteiger partial charge in [-0.1, -0.05) is 12.1 Å². The lowest BCUT2D eigenvalue weighted by atomic mass is 10.0. The molecule has 100 valence electrons. The Bertz CT molecular complexity index is 522. The van der Waals surface area contributed by atoms with Crippen LogP contribution < -0.4 is 4.90 Å². The van der Waals surface area contributed by atoms with Crippen molar-refractivity contribution in [2.24, 2.45) is 0 Å². The monoisotopic (exact) mass is 260 g/mol. The fraction of sp³-hybridized carbons (Fsp3) is 0.429. The first kappa shape index (κ1) is 13.4. The van der Waals surface area contributed by atoms with Crippen molar-refractivity contribution in [3.05, 3.63) is 29.3 Å². The highest BCUT2D eigenvalue weighted by Gasteiger charge is 2.28. The number of para-hydroxylation sites is 1. The number of carbonyl (C=O) groups is 1. The highest BCUT2D eigenvalue weighted by molar-refractivity contribution is 5.70. The van der Waals surface area contributed by atoms with Crippen LogP contribution in [0.5, 0.6) is 0 Å². The van der Waals surface area contributed by atoms with Gasteiger partial charge in [0.2, 0.25) is 0 Å². The highest BCUT2D eigenvalue weighted by atomic mass is 16.5. The number of ether oxygens (including phenoxy) is 1. The number of carboxylic acids is 1. The Morgan fingerprint density at radius 2 is 2.42 bits per heavy atom. The van der Waals surface area contributed by atoms with Crippen LogP contribution in [-0.4, -0.2) is 36.9 Å². The molecule has 1 N–H and O–H groups in total. The summed E-state index contributed by atoms with van der Waals surface area (Å²) in [6, 6.07) is 7.49. The predicted octanol–water partition coefficient (Wildman–Crippen LogP) is 1.55. The predicted molar refractivity (Wildman–Crippen MR) is 70.1 cm³/mol. The van der Waals surface area contributed by atoms with Crippen LogP contribution in [0.2, 0.25) is 0 Å². The van der Waals surface area contributed by atoms with E-state index in [0.717, 1.165) is 11.3 Å². The zero-order chi connectivity index (χ0) is 13.8. The van der Waals surface area contributed by atoms with Crippen molar-refractivity contribution in [1.82, 2.24) is 0 Å². The normalized spacial score (nSPS) is 18.9. The molecule has 0 amide bonds. The molecule has 1 saturated heterocycles. The summed E-state index contributed by atoms with van der Waals surface area (Å²) in [5.74, 6) is -0.854. The highest BCUT2D eigenvalue weighted by Crippen LogP contribution is 2.28. The summed E-state index contributed by atoms with van der Waals surface area (Å²) < 4.78 is 5.36. The van der Waals surface area contributed by atoms with Gasteiger partial charge in [0.25, 0.3) is 0 Å². The van der Waals surface area contributed by atoms with E-state index < -0.39 is 5.97 Å². The van der Waals surface area contributed by atoms with Crippen molar-refractivity contribution in [2.75, 3.05) is 24.7 Å².